The molecule has 0 aromatic heterocycles. The van der Waals surface area contributed by atoms with E-state index in [4.69, 9.17) is 11.0 Å². The summed E-state index contributed by atoms with van der Waals surface area (Å²) in [6, 6.07) is 7.37. The molecule has 0 spiro atoms. The van der Waals surface area contributed by atoms with Crippen molar-refractivity contribution >= 4 is 18.1 Å². The van der Waals surface area contributed by atoms with Gasteiger partial charge in [-0.15, -0.1) is 12.4 Å². The van der Waals surface area contributed by atoms with Crippen LogP contribution in [0.15, 0.2) is 18.2 Å². The SMILES string of the molecule is CC(C)NC(CO)c1ccc(N)c(C#N)c1.Cl. The van der Waals surface area contributed by atoms with Crippen LogP contribution in [0.2, 0.25) is 0 Å². The van der Waals surface area contributed by atoms with Crippen molar-refractivity contribution < 1.29 is 5.11 Å². The van der Waals surface area contributed by atoms with E-state index in [1.807, 2.05) is 26.0 Å². The Bertz CT molecular complexity index is 401. The fourth-order valence-corrected chi connectivity index (χ4v) is 1.54. The van der Waals surface area contributed by atoms with Crippen LogP contribution in [0, 0.1) is 11.3 Å². The molecule has 0 bridgehead atoms. The van der Waals surface area contributed by atoms with Gasteiger partial charge in [0.2, 0.25) is 0 Å². The topological polar surface area (TPSA) is 82.1 Å². The number of halogens is 1. The monoisotopic (exact) mass is 255 g/mol. The van der Waals surface area contributed by atoms with E-state index in [1.165, 1.54) is 0 Å². The highest BCUT2D eigenvalue weighted by Gasteiger charge is 2.12. The number of nitrogens with zero attached hydrogens (tertiary/aromatic N) is 1. The summed E-state index contributed by atoms with van der Waals surface area (Å²) in [5.74, 6) is 0. The maximum Gasteiger partial charge on any atom is 0.101 e. The quantitative estimate of drug-likeness (QED) is 0.714. The Labute approximate surface area is 108 Å². The number of anilines is 1. The van der Waals surface area contributed by atoms with Gasteiger partial charge in [-0.05, 0) is 17.7 Å². The second-order valence-corrected chi connectivity index (χ2v) is 4.02. The van der Waals surface area contributed by atoms with Crippen molar-refractivity contribution in [1.29, 1.82) is 5.26 Å². The van der Waals surface area contributed by atoms with Crippen LogP contribution in [-0.4, -0.2) is 17.8 Å². The first-order chi connectivity index (χ1) is 7.58. The van der Waals surface area contributed by atoms with Gasteiger partial charge < -0.3 is 16.2 Å². The van der Waals surface area contributed by atoms with Crippen molar-refractivity contribution in [3.63, 3.8) is 0 Å². The van der Waals surface area contributed by atoms with Gasteiger partial charge in [-0.1, -0.05) is 19.9 Å². The number of nitriles is 1. The van der Waals surface area contributed by atoms with Crippen molar-refractivity contribution in [3.05, 3.63) is 29.3 Å². The normalized spacial score (nSPS) is 11.7. The molecule has 0 amide bonds. The molecule has 1 unspecified atom stereocenters. The molecule has 0 saturated carbocycles. The minimum atomic E-state index is -0.160. The second-order valence-electron chi connectivity index (χ2n) is 4.02. The van der Waals surface area contributed by atoms with Gasteiger partial charge in [-0.25, -0.2) is 0 Å². The first kappa shape index (κ1) is 15.7. The molecule has 1 atom stereocenters. The molecule has 1 rings (SSSR count). The van der Waals surface area contributed by atoms with Crippen LogP contribution < -0.4 is 11.1 Å². The Morgan fingerprint density at radius 1 is 1.47 bits per heavy atom. The van der Waals surface area contributed by atoms with E-state index in [0.717, 1.165) is 5.56 Å². The highest BCUT2D eigenvalue weighted by molar-refractivity contribution is 5.85. The fraction of sp³-hybridized carbons (Fsp3) is 0.417. The summed E-state index contributed by atoms with van der Waals surface area (Å²) < 4.78 is 0. The standard InChI is InChI=1S/C12H17N3O.ClH/c1-8(2)15-12(7-16)9-3-4-11(14)10(5-9)6-13;/h3-5,8,12,15-16H,7,14H2,1-2H3;1H. The van der Waals surface area contributed by atoms with E-state index < -0.39 is 0 Å². The molecular formula is C12H18ClN3O. The Balaban J connectivity index is 0.00000256. The summed E-state index contributed by atoms with van der Waals surface area (Å²) in [7, 11) is 0. The molecule has 0 aliphatic rings. The molecule has 1 aromatic rings. The number of aliphatic hydroxyl groups excluding tert-OH is 1. The van der Waals surface area contributed by atoms with Gasteiger partial charge in [0.05, 0.1) is 18.2 Å². The minimum absolute atomic E-state index is 0. The van der Waals surface area contributed by atoms with Crippen molar-refractivity contribution in [2.45, 2.75) is 25.9 Å². The summed E-state index contributed by atoms with van der Waals surface area (Å²) in [5.41, 5.74) is 7.43. The average Bonchev–Trinajstić information content (AvgIpc) is 2.26. The average molecular weight is 256 g/mol. The van der Waals surface area contributed by atoms with Crippen LogP contribution in [0.5, 0.6) is 0 Å². The number of hydrogen-bond acceptors (Lipinski definition) is 4. The molecule has 0 radical (unpaired) electrons. The van der Waals surface area contributed by atoms with Gasteiger partial charge in [0.15, 0.2) is 0 Å². The predicted octanol–water partition coefficient (Wildman–Crippen LogP) is 1.59. The third kappa shape index (κ3) is 4.23. The molecule has 0 aliphatic heterocycles. The molecule has 5 heteroatoms. The van der Waals surface area contributed by atoms with Gasteiger partial charge in [0.25, 0.3) is 0 Å². The van der Waals surface area contributed by atoms with E-state index in [-0.39, 0.29) is 31.1 Å². The smallest absolute Gasteiger partial charge is 0.101 e. The summed E-state index contributed by atoms with van der Waals surface area (Å²) in [6.45, 7) is 4.00. The second kappa shape index (κ2) is 7.13. The highest BCUT2D eigenvalue weighted by Crippen LogP contribution is 2.19. The fourth-order valence-electron chi connectivity index (χ4n) is 1.54. The number of hydrogen-bond donors (Lipinski definition) is 3. The van der Waals surface area contributed by atoms with Crippen LogP contribution in [0.1, 0.15) is 31.0 Å². The lowest BCUT2D eigenvalue weighted by Gasteiger charge is -2.19. The number of nitrogens with one attached hydrogen (secondary N) is 1. The zero-order valence-electron chi connectivity index (χ0n) is 9.97. The lowest BCUT2D eigenvalue weighted by molar-refractivity contribution is 0.237. The van der Waals surface area contributed by atoms with E-state index in [9.17, 15) is 5.11 Å². The lowest BCUT2D eigenvalue weighted by atomic mass is 10.0. The van der Waals surface area contributed by atoms with Gasteiger partial charge in [0.1, 0.15) is 6.07 Å². The van der Waals surface area contributed by atoms with Crippen molar-refractivity contribution in [2.24, 2.45) is 0 Å². The van der Waals surface area contributed by atoms with Crippen LogP contribution >= 0.6 is 12.4 Å². The van der Waals surface area contributed by atoms with E-state index in [2.05, 4.69) is 5.32 Å². The Kier molecular flexibility index (Phi) is 6.59. The number of nitrogen functional groups attached to an aromatic ring is 1. The summed E-state index contributed by atoms with van der Waals surface area (Å²) >= 11 is 0. The van der Waals surface area contributed by atoms with E-state index >= 15 is 0 Å². The van der Waals surface area contributed by atoms with E-state index in [0.29, 0.717) is 11.3 Å². The minimum Gasteiger partial charge on any atom is -0.398 e. The number of rotatable bonds is 4. The van der Waals surface area contributed by atoms with Gasteiger partial charge in [-0.3, -0.25) is 0 Å². The molecule has 4 nitrogen and oxygen atoms in total. The molecule has 1 aromatic carbocycles. The first-order valence-corrected chi connectivity index (χ1v) is 5.25. The van der Waals surface area contributed by atoms with Crippen LogP contribution in [0.4, 0.5) is 5.69 Å². The Morgan fingerprint density at radius 2 is 2.12 bits per heavy atom. The Morgan fingerprint density at radius 3 is 2.59 bits per heavy atom. The Hall–Kier alpha value is -1.28. The zero-order chi connectivity index (χ0) is 12.1. The number of benzene rings is 1. The van der Waals surface area contributed by atoms with Gasteiger partial charge >= 0.3 is 0 Å². The van der Waals surface area contributed by atoms with Crippen LogP contribution in [0.25, 0.3) is 0 Å². The molecule has 94 valence electrons. The number of nitrogens with two attached hydrogens (primary N) is 1. The van der Waals surface area contributed by atoms with Crippen LogP contribution in [0.3, 0.4) is 0 Å². The molecular weight excluding hydrogens is 238 g/mol. The highest BCUT2D eigenvalue weighted by atomic mass is 35.5. The maximum atomic E-state index is 9.28. The molecule has 17 heavy (non-hydrogen) atoms. The third-order valence-electron chi connectivity index (χ3n) is 2.32. The summed E-state index contributed by atoms with van der Waals surface area (Å²) in [6.07, 6.45) is 0. The lowest BCUT2D eigenvalue weighted by Crippen LogP contribution is -2.30. The van der Waals surface area contributed by atoms with Crippen molar-refractivity contribution in [3.8, 4) is 6.07 Å². The maximum absolute atomic E-state index is 9.28. The predicted molar refractivity (Wildman–Crippen MR) is 70.9 cm³/mol. The van der Waals surface area contributed by atoms with Gasteiger partial charge in [0, 0.05) is 11.7 Å². The van der Waals surface area contributed by atoms with Gasteiger partial charge in [-0.2, -0.15) is 5.26 Å². The van der Waals surface area contributed by atoms with Crippen molar-refractivity contribution in [2.75, 3.05) is 12.3 Å². The van der Waals surface area contributed by atoms with Crippen molar-refractivity contribution in [1.82, 2.24) is 5.32 Å². The third-order valence-corrected chi connectivity index (χ3v) is 2.32. The zero-order valence-corrected chi connectivity index (χ0v) is 10.8. The van der Waals surface area contributed by atoms with Crippen LogP contribution in [-0.2, 0) is 0 Å². The largest absolute Gasteiger partial charge is 0.398 e. The molecule has 0 fully saturated rings. The molecule has 0 saturated heterocycles. The molecule has 0 aliphatic carbocycles. The first-order valence-electron chi connectivity index (χ1n) is 5.25. The summed E-state index contributed by atoms with van der Waals surface area (Å²) in [5, 5.41) is 21.4. The van der Waals surface area contributed by atoms with E-state index in [1.54, 1.807) is 12.1 Å². The molecule has 4 N–H and O–H groups in total. The summed E-state index contributed by atoms with van der Waals surface area (Å²) in [4.78, 5) is 0. The molecule has 0 heterocycles. The number of aliphatic hydroxyl groups is 1.